The minimum absolute atomic E-state index is 0.0231. The van der Waals surface area contributed by atoms with E-state index in [4.69, 9.17) is 0 Å². The Hall–Kier alpha value is -1.64. The first-order chi connectivity index (χ1) is 8.90. The summed E-state index contributed by atoms with van der Waals surface area (Å²) in [6, 6.07) is 20.5. The smallest absolute Gasteiger partial charge is 0.0626 e. The Morgan fingerprint density at radius 3 is 2.11 bits per heavy atom. The van der Waals surface area contributed by atoms with Crippen LogP contribution in [0.2, 0.25) is 0 Å². The zero-order chi connectivity index (χ0) is 12.6. The van der Waals surface area contributed by atoms with Gasteiger partial charge in [0.05, 0.1) is 12.6 Å². The molecule has 0 saturated carbocycles. The van der Waals surface area contributed by atoms with E-state index in [1.807, 2.05) is 36.4 Å². The maximum absolute atomic E-state index is 9.41. The Bertz CT molecular complexity index is 441. The minimum atomic E-state index is 0.0231. The van der Waals surface area contributed by atoms with Gasteiger partial charge in [0, 0.05) is 0 Å². The average molecular weight is 241 g/mol. The van der Waals surface area contributed by atoms with Crippen molar-refractivity contribution in [2.45, 2.75) is 12.5 Å². The molecule has 1 atom stereocenters. The van der Waals surface area contributed by atoms with Gasteiger partial charge >= 0.3 is 0 Å². The molecule has 0 saturated heterocycles. The molecule has 2 N–H and O–H groups in total. The third kappa shape index (κ3) is 3.69. The molecule has 2 rings (SSSR count). The summed E-state index contributed by atoms with van der Waals surface area (Å²) in [7, 11) is 0. The molecule has 0 amide bonds. The summed E-state index contributed by atoms with van der Waals surface area (Å²) < 4.78 is 0. The molecule has 2 nitrogen and oxygen atoms in total. The lowest BCUT2D eigenvalue weighted by molar-refractivity contribution is 0.245. The van der Waals surface area contributed by atoms with Crippen molar-refractivity contribution in [3.63, 3.8) is 0 Å². The highest BCUT2D eigenvalue weighted by Crippen LogP contribution is 2.11. The van der Waals surface area contributed by atoms with E-state index < -0.39 is 0 Å². The van der Waals surface area contributed by atoms with E-state index in [-0.39, 0.29) is 12.6 Å². The molecule has 2 heteroatoms. The second-order valence-electron chi connectivity index (χ2n) is 4.34. The summed E-state index contributed by atoms with van der Waals surface area (Å²) in [4.78, 5) is 0. The van der Waals surface area contributed by atoms with Crippen molar-refractivity contribution < 1.29 is 5.11 Å². The van der Waals surface area contributed by atoms with Crippen molar-refractivity contribution in [1.29, 1.82) is 0 Å². The fraction of sp³-hybridized carbons (Fsp3) is 0.250. The first-order valence-electron chi connectivity index (χ1n) is 6.33. The Balaban J connectivity index is 1.85. The largest absolute Gasteiger partial charge is 0.394 e. The summed E-state index contributed by atoms with van der Waals surface area (Å²) in [5.74, 6) is 0. The molecule has 0 heterocycles. The molecule has 0 spiro atoms. The zero-order valence-corrected chi connectivity index (χ0v) is 10.4. The predicted molar refractivity (Wildman–Crippen MR) is 74.4 cm³/mol. The number of benzene rings is 2. The van der Waals surface area contributed by atoms with Gasteiger partial charge in [-0.25, -0.2) is 0 Å². The van der Waals surface area contributed by atoms with Gasteiger partial charge in [-0.1, -0.05) is 60.7 Å². The second kappa shape index (κ2) is 6.94. The average Bonchev–Trinajstić information content (AvgIpc) is 2.46. The van der Waals surface area contributed by atoms with Crippen LogP contribution < -0.4 is 5.32 Å². The van der Waals surface area contributed by atoms with Crippen molar-refractivity contribution in [3.8, 4) is 0 Å². The summed E-state index contributed by atoms with van der Waals surface area (Å²) >= 11 is 0. The third-order valence-electron chi connectivity index (χ3n) is 3.03. The molecule has 0 aliphatic carbocycles. The Labute approximate surface area is 108 Å². The van der Waals surface area contributed by atoms with E-state index in [2.05, 4.69) is 29.6 Å². The van der Waals surface area contributed by atoms with Crippen LogP contribution in [0.25, 0.3) is 0 Å². The first kappa shape index (κ1) is 12.8. The van der Waals surface area contributed by atoms with Crippen LogP contribution in [-0.4, -0.2) is 18.3 Å². The zero-order valence-electron chi connectivity index (χ0n) is 10.4. The lowest BCUT2D eigenvalue weighted by Crippen LogP contribution is -2.26. The van der Waals surface area contributed by atoms with Crippen LogP contribution in [-0.2, 0) is 6.42 Å². The highest BCUT2D eigenvalue weighted by Gasteiger charge is 2.08. The van der Waals surface area contributed by atoms with Gasteiger partial charge < -0.3 is 10.4 Å². The summed E-state index contributed by atoms with van der Waals surface area (Å²) in [6.07, 6.45) is 0.976. The van der Waals surface area contributed by atoms with E-state index in [1.165, 1.54) is 5.56 Å². The molecule has 18 heavy (non-hydrogen) atoms. The maximum atomic E-state index is 9.41. The summed E-state index contributed by atoms with van der Waals surface area (Å²) in [5.41, 5.74) is 2.45. The molecule has 0 aliphatic heterocycles. The van der Waals surface area contributed by atoms with Crippen LogP contribution >= 0.6 is 0 Å². The van der Waals surface area contributed by atoms with Crippen molar-refractivity contribution in [1.82, 2.24) is 5.32 Å². The van der Waals surface area contributed by atoms with Gasteiger partial charge in [-0.15, -0.1) is 0 Å². The van der Waals surface area contributed by atoms with Crippen LogP contribution in [0.15, 0.2) is 60.7 Å². The summed E-state index contributed by atoms with van der Waals surface area (Å²) in [6.45, 7) is 0.989. The van der Waals surface area contributed by atoms with Gasteiger partial charge in [0.2, 0.25) is 0 Å². The highest BCUT2D eigenvalue weighted by atomic mass is 16.3. The van der Waals surface area contributed by atoms with E-state index in [9.17, 15) is 5.11 Å². The van der Waals surface area contributed by atoms with E-state index in [0.717, 1.165) is 18.5 Å². The van der Waals surface area contributed by atoms with Crippen LogP contribution in [0.1, 0.15) is 17.2 Å². The molecule has 0 fully saturated rings. The molecular formula is C16H19NO. The second-order valence-corrected chi connectivity index (χ2v) is 4.34. The Morgan fingerprint density at radius 2 is 1.50 bits per heavy atom. The lowest BCUT2D eigenvalue weighted by atomic mass is 10.1. The van der Waals surface area contributed by atoms with E-state index >= 15 is 0 Å². The number of aliphatic hydroxyl groups is 1. The Kier molecular flexibility index (Phi) is 4.94. The molecule has 94 valence electrons. The number of hydrogen-bond acceptors (Lipinski definition) is 2. The Morgan fingerprint density at radius 1 is 0.889 bits per heavy atom. The minimum Gasteiger partial charge on any atom is -0.394 e. The molecular weight excluding hydrogens is 222 g/mol. The fourth-order valence-corrected chi connectivity index (χ4v) is 2.01. The summed E-state index contributed by atoms with van der Waals surface area (Å²) in [5, 5.41) is 12.8. The number of hydrogen-bond donors (Lipinski definition) is 2. The van der Waals surface area contributed by atoms with Crippen molar-refractivity contribution in [3.05, 3.63) is 71.8 Å². The molecule has 0 bridgehead atoms. The third-order valence-corrected chi connectivity index (χ3v) is 3.03. The molecule has 2 aromatic carbocycles. The number of aliphatic hydroxyl groups excluding tert-OH is 1. The van der Waals surface area contributed by atoms with Crippen LogP contribution in [0.5, 0.6) is 0 Å². The highest BCUT2D eigenvalue weighted by molar-refractivity contribution is 5.19. The van der Waals surface area contributed by atoms with E-state index in [0.29, 0.717) is 0 Å². The SMILES string of the molecule is OCC(NCCc1ccccc1)c1ccccc1. The first-order valence-corrected chi connectivity index (χ1v) is 6.33. The monoisotopic (exact) mass is 241 g/mol. The van der Waals surface area contributed by atoms with Crippen LogP contribution in [0, 0.1) is 0 Å². The van der Waals surface area contributed by atoms with Crippen LogP contribution in [0.4, 0.5) is 0 Å². The van der Waals surface area contributed by atoms with Gasteiger partial charge in [-0.05, 0) is 24.1 Å². The maximum Gasteiger partial charge on any atom is 0.0626 e. The van der Waals surface area contributed by atoms with Gasteiger partial charge in [0.1, 0.15) is 0 Å². The number of nitrogens with one attached hydrogen (secondary N) is 1. The van der Waals surface area contributed by atoms with Gasteiger partial charge in [0.15, 0.2) is 0 Å². The molecule has 0 aliphatic rings. The molecule has 0 aromatic heterocycles. The van der Waals surface area contributed by atoms with Gasteiger partial charge in [0.25, 0.3) is 0 Å². The fourth-order valence-electron chi connectivity index (χ4n) is 2.01. The van der Waals surface area contributed by atoms with Gasteiger partial charge in [-0.2, -0.15) is 0 Å². The van der Waals surface area contributed by atoms with E-state index in [1.54, 1.807) is 0 Å². The van der Waals surface area contributed by atoms with Crippen molar-refractivity contribution in [2.75, 3.05) is 13.2 Å². The van der Waals surface area contributed by atoms with Gasteiger partial charge in [-0.3, -0.25) is 0 Å². The van der Waals surface area contributed by atoms with Crippen molar-refractivity contribution in [2.24, 2.45) is 0 Å². The molecule has 1 unspecified atom stereocenters. The standard InChI is InChI=1S/C16H19NO/c18-13-16(15-9-5-2-6-10-15)17-12-11-14-7-3-1-4-8-14/h1-10,16-18H,11-13H2. The van der Waals surface area contributed by atoms with Crippen LogP contribution in [0.3, 0.4) is 0 Å². The van der Waals surface area contributed by atoms with Crippen molar-refractivity contribution >= 4 is 0 Å². The predicted octanol–water partition coefficient (Wildman–Crippen LogP) is 2.55. The topological polar surface area (TPSA) is 32.3 Å². The lowest BCUT2D eigenvalue weighted by Gasteiger charge is -2.16. The molecule has 2 aromatic rings. The quantitative estimate of drug-likeness (QED) is 0.814. The number of rotatable bonds is 6. The normalized spacial score (nSPS) is 12.3. The molecule has 0 radical (unpaired) electrons.